The Kier molecular flexibility index (Phi) is 3.39. The number of H-pyrrole nitrogens is 1. The minimum atomic E-state index is 0.584. The first-order valence-corrected chi connectivity index (χ1v) is 6.45. The lowest BCUT2D eigenvalue weighted by Crippen LogP contribution is -1.87. The van der Waals surface area contributed by atoms with Crippen molar-refractivity contribution in [1.82, 2.24) is 15.2 Å². The summed E-state index contributed by atoms with van der Waals surface area (Å²) in [5.41, 5.74) is 3.95. The minimum absolute atomic E-state index is 0.584. The molecule has 0 radical (unpaired) electrons. The Morgan fingerprint density at radius 3 is 2.65 bits per heavy atom. The zero-order valence-corrected chi connectivity index (χ0v) is 11.6. The number of rotatable bonds is 3. The standard InChI is InChI=1S/C15H12ClN3O/c1-20-14-8-11(2-3-13(14)16)15-12(9-18-19-15)10-4-6-17-7-5-10/h2-9H,1H3,(H,18,19). The van der Waals surface area contributed by atoms with E-state index in [2.05, 4.69) is 15.2 Å². The van der Waals surface area contributed by atoms with Gasteiger partial charge in [-0.15, -0.1) is 0 Å². The Morgan fingerprint density at radius 1 is 1.10 bits per heavy atom. The topological polar surface area (TPSA) is 50.8 Å². The summed E-state index contributed by atoms with van der Waals surface area (Å²) in [7, 11) is 1.60. The first-order valence-electron chi connectivity index (χ1n) is 6.07. The van der Waals surface area contributed by atoms with Crippen LogP contribution < -0.4 is 4.74 Å². The van der Waals surface area contributed by atoms with Crippen LogP contribution in [0.4, 0.5) is 0 Å². The zero-order valence-electron chi connectivity index (χ0n) is 10.8. The van der Waals surface area contributed by atoms with Gasteiger partial charge in [-0.05, 0) is 29.8 Å². The highest BCUT2D eigenvalue weighted by molar-refractivity contribution is 6.32. The van der Waals surface area contributed by atoms with Gasteiger partial charge in [-0.1, -0.05) is 17.7 Å². The van der Waals surface area contributed by atoms with Gasteiger partial charge in [-0.25, -0.2) is 0 Å². The first-order chi connectivity index (χ1) is 9.79. The van der Waals surface area contributed by atoms with Crippen LogP contribution in [0.5, 0.6) is 5.75 Å². The number of methoxy groups -OCH3 is 1. The second-order valence-corrected chi connectivity index (χ2v) is 4.65. The van der Waals surface area contributed by atoms with Gasteiger partial charge in [-0.3, -0.25) is 10.1 Å². The molecule has 3 rings (SSSR count). The number of nitrogens with one attached hydrogen (secondary N) is 1. The lowest BCUT2D eigenvalue weighted by atomic mass is 10.0. The number of nitrogens with zero attached hydrogens (tertiary/aromatic N) is 2. The molecule has 0 saturated carbocycles. The average Bonchev–Trinajstić information content (AvgIpc) is 2.98. The highest BCUT2D eigenvalue weighted by atomic mass is 35.5. The zero-order chi connectivity index (χ0) is 13.9. The fourth-order valence-corrected chi connectivity index (χ4v) is 2.27. The van der Waals surface area contributed by atoms with Gasteiger partial charge >= 0.3 is 0 Å². The van der Waals surface area contributed by atoms with Gasteiger partial charge in [0.2, 0.25) is 0 Å². The van der Waals surface area contributed by atoms with Crippen molar-refractivity contribution in [2.24, 2.45) is 0 Å². The SMILES string of the molecule is COc1cc(-c2[nH]ncc2-c2ccncc2)ccc1Cl. The first kappa shape index (κ1) is 12.7. The molecule has 0 unspecified atom stereocenters. The Labute approximate surface area is 121 Å². The summed E-state index contributed by atoms with van der Waals surface area (Å²) in [4.78, 5) is 4.03. The highest BCUT2D eigenvalue weighted by Gasteiger charge is 2.11. The number of aromatic nitrogens is 3. The van der Waals surface area contributed by atoms with E-state index in [0.29, 0.717) is 10.8 Å². The van der Waals surface area contributed by atoms with Crippen molar-refractivity contribution in [2.45, 2.75) is 0 Å². The summed E-state index contributed by atoms with van der Waals surface area (Å²) in [5.74, 6) is 0.638. The van der Waals surface area contributed by atoms with Gasteiger partial charge in [-0.2, -0.15) is 5.10 Å². The third kappa shape index (κ3) is 2.26. The molecule has 3 aromatic rings. The molecule has 100 valence electrons. The Hall–Kier alpha value is -2.33. The van der Waals surface area contributed by atoms with Crippen molar-refractivity contribution >= 4 is 11.6 Å². The van der Waals surface area contributed by atoms with Gasteiger partial charge in [0.05, 0.1) is 24.0 Å². The van der Waals surface area contributed by atoms with Crippen LogP contribution in [0, 0.1) is 0 Å². The molecule has 0 aliphatic heterocycles. The largest absolute Gasteiger partial charge is 0.495 e. The van der Waals surface area contributed by atoms with Crippen LogP contribution in [-0.4, -0.2) is 22.3 Å². The van der Waals surface area contributed by atoms with Crippen LogP contribution >= 0.6 is 11.6 Å². The van der Waals surface area contributed by atoms with E-state index in [1.54, 1.807) is 25.7 Å². The number of ether oxygens (including phenoxy) is 1. The molecule has 0 amide bonds. The smallest absolute Gasteiger partial charge is 0.138 e. The fraction of sp³-hybridized carbons (Fsp3) is 0.0667. The van der Waals surface area contributed by atoms with Crippen molar-refractivity contribution in [3.63, 3.8) is 0 Å². The fourth-order valence-electron chi connectivity index (χ4n) is 2.07. The van der Waals surface area contributed by atoms with E-state index in [-0.39, 0.29) is 0 Å². The normalized spacial score (nSPS) is 10.5. The molecule has 20 heavy (non-hydrogen) atoms. The van der Waals surface area contributed by atoms with E-state index in [4.69, 9.17) is 16.3 Å². The average molecular weight is 286 g/mol. The number of aromatic amines is 1. The van der Waals surface area contributed by atoms with E-state index in [0.717, 1.165) is 22.4 Å². The lowest BCUT2D eigenvalue weighted by molar-refractivity contribution is 0.415. The monoisotopic (exact) mass is 285 g/mol. The molecule has 0 aliphatic rings. The van der Waals surface area contributed by atoms with Crippen LogP contribution in [0.1, 0.15) is 0 Å². The van der Waals surface area contributed by atoms with Crippen molar-refractivity contribution in [3.05, 3.63) is 53.9 Å². The van der Waals surface area contributed by atoms with Gasteiger partial charge < -0.3 is 4.74 Å². The maximum absolute atomic E-state index is 6.06. The Balaban J connectivity index is 2.10. The molecule has 1 aromatic carbocycles. The third-order valence-corrected chi connectivity index (χ3v) is 3.38. The molecule has 0 spiro atoms. The summed E-state index contributed by atoms with van der Waals surface area (Å²) >= 11 is 6.06. The Bertz CT molecular complexity index is 725. The molecule has 0 aliphatic carbocycles. The van der Waals surface area contributed by atoms with E-state index < -0.39 is 0 Å². The third-order valence-electron chi connectivity index (χ3n) is 3.07. The summed E-state index contributed by atoms with van der Waals surface area (Å²) in [6.45, 7) is 0. The quantitative estimate of drug-likeness (QED) is 0.796. The lowest BCUT2D eigenvalue weighted by Gasteiger charge is -2.07. The number of pyridine rings is 1. The second-order valence-electron chi connectivity index (χ2n) is 4.24. The van der Waals surface area contributed by atoms with E-state index >= 15 is 0 Å². The molecular formula is C15H12ClN3O. The van der Waals surface area contributed by atoms with Crippen molar-refractivity contribution in [1.29, 1.82) is 0 Å². The van der Waals surface area contributed by atoms with E-state index in [9.17, 15) is 0 Å². The maximum atomic E-state index is 6.06. The van der Waals surface area contributed by atoms with Crippen molar-refractivity contribution in [2.75, 3.05) is 7.11 Å². The van der Waals surface area contributed by atoms with E-state index in [1.807, 2.05) is 30.3 Å². The molecule has 0 saturated heterocycles. The van der Waals surface area contributed by atoms with Crippen LogP contribution in [0.15, 0.2) is 48.9 Å². The molecule has 0 fully saturated rings. The van der Waals surface area contributed by atoms with Gasteiger partial charge in [0, 0.05) is 23.5 Å². The molecule has 1 N–H and O–H groups in total. The number of benzene rings is 1. The summed E-state index contributed by atoms with van der Waals surface area (Å²) in [6.07, 6.45) is 5.31. The Morgan fingerprint density at radius 2 is 1.90 bits per heavy atom. The number of hydrogen-bond donors (Lipinski definition) is 1. The molecule has 0 atom stereocenters. The number of halogens is 1. The second kappa shape index (κ2) is 5.35. The van der Waals surface area contributed by atoms with Crippen molar-refractivity contribution < 1.29 is 4.74 Å². The molecule has 4 nitrogen and oxygen atoms in total. The predicted octanol–water partition coefficient (Wildman–Crippen LogP) is 3.80. The van der Waals surface area contributed by atoms with Crippen LogP contribution in [0.2, 0.25) is 5.02 Å². The van der Waals surface area contributed by atoms with Gasteiger partial charge in [0.1, 0.15) is 5.75 Å². The molecule has 0 bridgehead atoms. The van der Waals surface area contributed by atoms with Crippen LogP contribution in [-0.2, 0) is 0 Å². The summed E-state index contributed by atoms with van der Waals surface area (Å²) in [5, 5.41) is 7.74. The molecule has 2 heterocycles. The van der Waals surface area contributed by atoms with Gasteiger partial charge in [0.25, 0.3) is 0 Å². The van der Waals surface area contributed by atoms with Crippen molar-refractivity contribution in [3.8, 4) is 28.1 Å². The highest BCUT2D eigenvalue weighted by Crippen LogP contribution is 2.34. The summed E-state index contributed by atoms with van der Waals surface area (Å²) < 4.78 is 5.25. The predicted molar refractivity (Wildman–Crippen MR) is 78.8 cm³/mol. The van der Waals surface area contributed by atoms with Crippen LogP contribution in [0.25, 0.3) is 22.4 Å². The van der Waals surface area contributed by atoms with E-state index in [1.165, 1.54) is 0 Å². The van der Waals surface area contributed by atoms with Gasteiger partial charge in [0.15, 0.2) is 0 Å². The van der Waals surface area contributed by atoms with Crippen LogP contribution in [0.3, 0.4) is 0 Å². The minimum Gasteiger partial charge on any atom is -0.495 e. The molecular weight excluding hydrogens is 274 g/mol. The molecule has 5 heteroatoms. The summed E-state index contributed by atoms with van der Waals surface area (Å²) in [6, 6.07) is 9.53. The maximum Gasteiger partial charge on any atom is 0.138 e. The molecule has 2 aromatic heterocycles. The number of hydrogen-bond acceptors (Lipinski definition) is 3.